The number of primary amides is 1. The highest BCUT2D eigenvalue weighted by Crippen LogP contribution is 2.10. The smallest absolute Gasteiger partial charge is 0.217 e. The van der Waals surface area contributed by atoms with Gasteiger partial charge in [-0.15, -0.1) is 0 Å². The van der Waals surface area contributed by atoms with Gasteiger partial charge in [-0.3, -0.25) is 4.79 Å². The number of allylic oxidation sites excluding steroid dienone is 6. The Kier molecular flexibility index (Phi) is 18.9. The van der Waals surface area contributed by atoms with Crippen LogP contribution in [-0.4, -0.2) is 17.6 Å². The van der Waals surface area contributed by atoms with E-state index in [4.69, 9.17) is 10.8 Å². The fourth-order valence-electron chi connectivity index (χ4n) is 2.70. The maximum atomic E-state index is 10.6. The molecule has 1 amide bonds. The van der Waals surface area contributed by atoms with E-state index in [1.807, 2.05) is 0 Å². The summed E-state index contributed by atoms with van der Waals surface area (Å²) < 4.78 is 0. The van der Waals surface area contributed by atoms with E-state index in [1.165, 1.54) is 38.5 Å². The number of hydrogen-bond donors (Lipinski definition) is 2. The van der Waals surface area contributed by atoms with Crippen LogP contribution in [0.4, 0.5) is 0 Å². The van der Waals surface area contributed by atoms with Crippen molar-refractivity contribution in [3.05, 3.63) is 36.5 Å². The Labute approximate surface area is 161 Å². The van der Waals surface area contributed by atoms with Gasteiger partial charge in [0, 0.05) is 13.0 Å². The van der Waals surface area contributed by atoms with Gasteiger partial charge in [-0.25, -0.2) is 0 Å². The fraction of sp³-hybridized carbons (Fsp3) is 0.696. The molecule has 0 heterocycles. The number of aliphatic hydroxyl groups excluding tert-OH is 1. The van der Waals surface area contributed by atoms with E-state index >= 15 is 0 Å². The third-order valence-corrected chi connectivity index (χ3v) is 4.48. The van der Waals surface area contributed by atoms with Crippen molar-refractivity contribution in [2.75, 3.05) is 6.61 Å². The molecule has 0 saturated heterocycles. The molecule has 150 valence electrons. The minimum Gasteiger partial charge on any atom is -0.396 e. The molecule has 3 heteroatoms. The predicted molar refractivity (Wildman–Crippen MR) is 113 cm³/mol. The van der Waals surface area contributed by atoms with Crippen LogP contribution in [0.25, 0.3) is 0 Å². The standard InChI is InChI=1S/C23H41NO2/c1-22(21-25)19-17-15-13-11-9-7-5-3-2-4-6-8-10-12-14-16-18-20-23(24)26/h2-3,7,9,13,15,22,25H,4-6,8,10-12,14,16-21H2,1H3,(H2,24,26)/b3-2-,9-7-,15-13-. The lowest BCUT2D eigenvalue weighted by atomic mass is 10.1. The average molecular weight is 364 g/mol. The third-order valence-electron chi connectivity index (χ3n) is 4.48. The Morgan fingerprint density at radius 3 is 1.88 bits per heavy atom. The van der Waals surface area contributed by atoms with Gasteiger partial charge in [0.25, 0.3) is 0 Å². The molecule has 0 aliphatic rings. The zero-order valence-corrected chi connectivity index (χ0v) is 16.9. The molecule has 3 N–H and O–H groups in total. The molecule has 3 nitrogen and oxygen atoms in total. The number of carbonyl (C=O) groups is 1. The van der Waals surface area contributed by atoms with Crippen LogP contribution in [0.5, 0.6) is 0 Å². The first-order chi connectivity index (χ1) is 12.7. The molecule has 0 aliphatic carbocycles. The minimum atomic E-state index is -0.174. The number of unbranched alkanes of at least 4 members (excludes halogenated alkanes) is 7. The molecular weight excluding hydrogens is 322 g/mol. The number of rotatable bonds is 18. The van der Waals surface area contributed by atoms with E-state index in [0.717, 1.165) is 38.5 Å². The van der Waals surface area contributed by atoms with Crippen molar-refractivity contribution in [1.29, 1.82) is 0 Å². The molecule has 1 unspecified atom stereocenters. The molecule has 0 bridgehead atoms. The summed E-state index contributed by atoms with van der Waals surface area (Å²) in [5, 5.41) is 8.94. The summed E-state index contributed by atoms with van der Waals surface area (Å²) in [4.78, 5) is 10.6. The van der Waals surface area contributed by atoms with Crippen LogP contribution in [0.3, 0.4) is 0 Å². The Morgan fingerprint density at radius 1 is 0.808 bits per heavy atom. The van der Waals surface area contributed by atoms with Crippen molar-refractivity contribution in [2.45, 2.75) is 90.4 Å². The van der Waals surface area contributed by atoms with E-state index in [9.17, 15) is 4.79 Å². The second-order valence-electron chi connectivity index (χ2n) is 7.23. The molecule has 0 aromatic rings. The molecule has 0 aromatic heterocycles. The van der Waals surface area contributed by atoms with Gasteiger partial charge in [0.1, 0.15) is 0 Å². The lowest BCUT2D eigenvalue weighted by molar-refractivity contribution is -0.118. The van der Waals surface area contributed by atoms with E-state index in [0.29, 0.717) is 18.9 Å². The molecule has 0 rings (SSSR count). The molecule has 0 aliphatic heterocycles. The lowest BCUT2D eigenvalue weighted by Crippen LogP contribution is -2.09. The first-order valence-electron chi connectivity index (χ1n) is 10.5. The Balaban J connectivity index is 3.30. The van der Waals surface area contributed by atoms with Crippen LogP contribution < -0.4 is 5.73 Å². The van der Waals surface area contributed by atoms with E-state index in [-0.39, 0.29) is 5.91 Å². The number of hydrogen-bond acceptors (Lipinski definition) is 2. The monoisotopic (exact) mass is 363 g/mol. The topological polar surface area (TPSA) is 63.3 Å². The van der Waals surface area contributed by atoms with Gasteiger partial charge in [0.15, 0.2) is 0 Å². The summed E-state index contributed by atoms with van der Waals surface area (Å²) in [5.41, 5.74) is 5.12. The molecule has 26 heavy (non-hydrogen) atoms. The van der Waals surface area contributed by atoms with E-state index in [2.05, 4.69) is 43.4 Å². The van der Waals surface area contributed by atoms with Crippen molar-refractivity contribution < 1.29 is 9.90 Å². The number of nitrogens with two attached hydrogens (primary N) is 1. The zero-order chi connectivity index (χ0) is 19.3. The second-order valence-corrected chi connectivity index (χ2v) is 7.23. The Morgan fingerprint density at radius 2 is 1.31 bits per heavy atom. The van der Waals surface area contributed by atoms with Crippen LogP contribution in [0.2, 0.25) is 0 Å². The van der Waals surface area contributed by atoms with Crippen molar-refractivity contribution in [3.63, 3.8) is 0 Å². The second kappa shape index (κ2) is 20.0. The highest BCUT2D eigenvalue weighted by molar-refractivity contribution is 5.73. The maximum Gasteiger partial charge on any atom is 0.217 e. The van der Waals surface area contributed by atoms with Gasteiger partial charge in [-0.1, -0.05) is 75.5 Å². The van der Waals surface area contributed by atoms with Crippen molar-refractivity contribution in [3.8, 4) is 0 Å². The van der Waals surface area contributed by atoms with Gasteiger partial charge in [0.2, 0.25) is 5.91 Å². The summed E-state index contributed by atoms with van der Waals surface area (Å²) >= 11 is 0. The first-order valence-corrected chi connectivity index (χ1v) is 10.5. The lowest BCUT2D eigenvalue weighted by Gasteiger charge is -2.03. The number of amides is 1. The van der Waals surface area contributed by atoms with Crippen molar-refractivity contribution >= 4 is 5.91 Å². The molecule has 1 atom stereocenters. The quantitative estimate of drug-likeness (QED) is 0.237. The highest BCUT2D eigenvalue weighted by Gasteiger charge is 1.96. The minimum absolute atomic E-state index is 0.174. The maximum absolute atomic E-state index is 10.6. The van der Waals surface area contributed by atoms with Crippen LogP contribution in [0.15, 0.2) is 36.5 Å². The number of carbonyl (C=O) groups excluding carboxylic acids is 1. The first kappa shape index (κ1) is 24.7. The molecule has 0 aromatic carbocycles. The molecule has 0 fully saturated rings. The summed E-state index contributed by atoms with van der Waals surface area (Å²) in [6.45, 7) is 2.37. The molecule has 0 saturated carbocycles. The van der Waals surface area contributed by atoms with Crippen molar-refractivity contribution in [2.24, 2.45) is 11.7 Å². The molecular formula is C23H41NO2. The Hall–Kier alpha value is -1.35. The molecule has 0 spiro atoms. The number of aliphatic hydroxyl groups is 1. The summed E-state index contributed by atoms with van der Waals surface area (Å²) in [5.74, 6) is 0.237. The molecule has 0 radical (unpaired) electrons. The van der Waals surface area contributed by atoms with Crippen LogP contribution in [0.1, 0.15) is 90.4 Å². The van der Waals surface area contributed by atoms with Gasteiger partial charge in [0.05, 0.1) is 0 Å². The average Bonchev–Trinajstić information content (AvgIpc) is 2.63. The highest BCUT2D eigenvalue weighted by atomic mass is 16.3. The summed E-state index contributed by atoms with van der Waals surface area (Å²) in [6.07, 6.45) is 27.7. The SMILES string of the molecule is CC(CO)CC/C=C\C/C=C\C/C=C\CCCCCCCCCC(N)=O. The summed E-state index contributed by atoms with van der Waals surface area (Å²) in [7, 11) is 0. The van der Waals surface area contributed by atoms with Gasteiger partial charge in [-0.05, 0) is 50.9 Å². The third kappa shape index (κ3) is 20.7. The normalized spacial score (nSPS) is 13.3. The predicted octanol–water partition coefficient (Wildman–Crippen LogP) is 5.84. The van der Waals surface area contributed by atoms with E-state index < -0.39 is 0 Å². The summed E-state index contributed by atoms with van der Waals surface area (Å²) in [6, 6.07) is 0. The van der Waals surface area contributed by atoms with Gasteiger partial charge < -0.3 is 10.8 Å². The van der Waals surface area contributed by atoms with Crippen LogP contribution in [-0.2, 0) is 4.79 Å². The Bertz CT molecular complexity index is 399. The van der Waals surface area contributed by atoms with Crippen LogP contribution >= 0.6 is 0 Å². The van der Waals surface area contributed by atoms with Crippen molar-refractivity contribution in [1.82, 2.24) is 0 Å². The fourth-order valence-corrected chi connectivity index (χ4v) is 2.70. The largest absolute Gasteiger partial charge is 0.396 e. The van der Waals surface area contributed by atoms with Crippen LogP contribution in [0, 0.1) is 5.92 Å². The van der Waals surface area contributed by atoms with Gasteiger partial charge >= 0.3 is 0 Å². The van der Waals surface area contributed by atoms with Gasteiger partial charge in [-0.2, -0.15) is 0 Å². The van der Waals surface area contributed by atoms with E-state index in [1.54, 1.807) is 0 Å². The zero-order valence-electron chi connectivity index (χ0n) is 16.9.